The Kier molecular flexibility index (Phi) is 4.39. The van der Waals surface area contributed by atoms with Crippen molar-refractivity contribution in [3.63, 3.8) is 0 Å². The van der Waals surface area contributed by atoms with Gasteiger partial charge in [-0.3, -0.25) is 9.59 Å². The molecule has 1 unspecified atom stereocenters. The highest BCUT2D eigenvalue weighted by Crippen LogP contribution is 2.01. The number of carbonyl (C=O) groups excluding carboxylic acids is 2. The van der Waals surface area contributed by atoms with Gasteiger partial charge in [0.25, 0.3) is 0 Å². The molecule has 0 aromatic carbocycles. The molecule has 1 rings (SSSR count). The number of hydrogen-bond donors (Lipinski definition) is 3. The van der Waals surface area contributed by atoms with Crippen molar-refractivity contribution in [2.24, 2.45) is 0 Å². The molecule has 0 bridgehead atoms. The Morgan fingerprint density at radius 3 is 3.00 bits per heavy atom. The molecular weight excluding hydrogens is 182 g/mol. The lowest BCUT2D eigenvalue weighted by Crippen LogP contribution is -2.48. The Hall–Kier alpha value is -1.10. The van der Waals surface area contributed by atoms with Crippen molar-refractivity contribution in [3.8, 4) is 0 Å². The van der Waals surface area contributed by atoms with Gasteiger partial charge in [0.15, 0.2) is 0 Å². The summed E-state index contributed by atoms with van der Waals surface area (Å²) in [5, 5.41) is 8.56. The minimum Gasteiger partial charge on any atom is -0.355 e. The number of likely N-dealkylation sites (N-methyl/N-ethyl adjacent to an activating group) is 1. The average Bonchev–Trinajstić information content (AvgIpc) is 2.17. The molecule has 1 atom stereocenters. The van der Waals surface area contributed by atoms with E-state index in [4.69, 9.17) is 0 Å². The van der Waals surface area contributed by atoms with E-state index in [-0.39, 0.29) is 17.9 Å². The molecule has 1 aliphatic heterocycles. The van der Waals surface area contributed by atoms with Crippen molar-refractivity contribution in [2.75, 3.05) is 19.6 Å². The van der Waals surface area contributed by atoms with Gasteiger partial charge in [-0.15, -0.1) is 0 Å². The summed E-state index contributed by atoms with van der Waals surface area (Å²) in [6.07, 6.45) is 1.36. The number of rotatable bonds is 4. The zero-order valence-electron chi connectivity index (χ0n) is 8.43. The third-order valence-electron chi connectivity index (χ3n) is 2.19. The van der Waals surface area contributed by atoms with E-state index in [2.05, 4.69) is 16.0 Å². The first-order valence-corrected chi connectivity index (χ1v) is 4.99. The fraction of sp³-hybridized carbons (Fsp3) is 0.778. The third kappa shape index (κ3) is 3.74. The second kappa shape index (κ2) is 5.59. The number of hydrogen-bond acceptors (Lipinski definition) is 3. The normalized spacial score (nSPS) is 21.5. The fourth-order valence-electron chi connectivity index (χ4n) is 1.40. The largest absolute Gasteiger partial charge is 0.355 e. The summed E-state index contributed by atoms with van der Waals surface area (Å²) < 4.78 is 0. The standard InChI is InChI=1S/C9H17N3O2/c1-2-10-9(14)6-11-7-3-4-8(13)12-5-7/h7,11H,2-6H2,1H3,(H,10,14)(H,12,13). The van der Waals surface area contributed by atoms with E-state index >= 15 is 0 Å². The van der Waals surface area contributed by atoms with E-state index < -0.39 is 0 Å². The van der Waals surface area contributed by atoms with Crippen molar-refractivity contribution in [3.05, 3.63) is 0 Å². The van der Waals surface area contributed by atoms with Crippen LogP contribution in [0.1, 0.15) is 19.8 Å². The van der Waals surface area contributed by atoms with Crippen LogP contribution in [0.25, 0.3) is 0 Å². The van der Waals surface area contributed by atoms with E-state index in [9.17, 15) is 9.59 Å². The number of piperidine rings is 1. The first kappa shape index (κ1) is 11.0. The van der Waals surface area contributed by atoms with Crippen LogP contribution >= 0.6 is 0 Å². The highest BCUT2D eigenvalue weighted by atomic mass is 16.2. The van der Waals surface area contributed by atoms with Crippen molar-refractivity contribution in [2.45, 2.75) is 25.8 Å². The van der Waals surface area contributed by atoms with Gasteiger partial charge < -0.3 is 16.0 Å². The SMILES string of the molecule is CCNC(=O)CNC1CCC(=O)NC1. The summed E-state index contributed by atoms with van der Waals surface area (Å²) in [6.45, 7) is 3.49. The Labute approximate surface area is 83.6 Å². The maximum atomic E-state index is 11.1. The van der Waals surface area contributed by atoms with Crippen LogP contribution in [0.2, 0.25) is 0 Å². The van der Waals surface area contributed by atoms with Crippen molar-refractivity contribution < 1.29 is 9.59 Å². The molecule has 1 heterocycles. The summed E-state index contributed by atoms with van der Waals surface area (Å²) >= 11 is 0. The van der Waals surface area contributed by atoms with Crippen LogP contribution in [0.15, 0.2) is 0 Å². The smallest absolute Gasteiger partial charge is 0.233 e. The zero-order valence-corrected chi connectivity index (χ0v) is 8.43. The lowest BCUT2D eigenvalue weighted by atomic mass is 10.1. The van der Waals surface area contributed by atoms with Crippen LogP contribution in [-0.4, -0.2) is 37.5 Å². The van der Waals surface area contributed by atoms with Gasteiger partial charge in [0.05, 0.1) is 6.54 Å². The maximum absolute atomic E-state index is 11.1. The Morgan fingerprint density at radius 2 is 2.43 bits per heavy atom. The highest BCUT2D eigenvalue weighted by molar-refractivity contribution is 5.78. The Morgan fingerprint density at radius 1 is 1.64 bits per heavy atom. The molecule has 1 saturated heterocycles. The van der Waals surface area contributed by atoms with Crippen molar-refractivity contribution in [1.29, 1.82) is 0 Å². The molecule has 0 aromatic heterocycles. The predicted octanol–water partition coefficient (Wildman–Crippen LogP) is -1.01. The van der Waals surface area contributed by atoms with Gasteiger partial charge in [-0.1, -0.05) is 0 Å². The lowest BCUT2D eigenvalue weighted by molar-refractivity contribution is -0.122. The topological polar surface area (TPSA) is 70.2 Å². The van der Waals surface area contributed by atoms with Crippen molar-refractivity contribution in [1.82, 2.24) is 16.0 Å². The second-order valence-electron chi connectivity index (χ2n) is 3.37. The minimum atomic E-state index is 0.00407. The summed E-state index contributed by atoms with van der Waals surface area (Å²) in [5.74, 6) is 0.102. The van der Waals surface area contributed by atoms with E-state index in [1.165, 1.54) is 0 Å². The molecule has 3 N–H and O–H groups in total. The highest BCUT2D eigenvalue weighted by Gasteiger charge is 2.17. The fourth-order valence-corrected chi connectivity index (χ4v) is 1.40. The molecular formula is C9H17N3O2. The summed E-state index contributed by atoms with van der Waals surface area (Å²) in [7, 11) is 0. The van der Waals surface area contributed by atoms with E-state index in [1.54, 1.807) is 0 Å². The molecule has 80 valence electrons. The maximum Gasteiger partial charge on any atom is 0.233 e. The molecule has 14 heavy (non-hydrogen) atoms. The summed E-state index contributed by atoms with van der Waals surface area (Å²) in [6, 6.07) is 0.232. The quantitative estimate of drug-likeness (QED) is 0.543. The van der Waals surface area contributed by atoms with Crippen LogP contribution in [0.3, 0.4) is 0 Å². The predicted molar refractivity (Wildman–Crippen MR) is 52.7 cm³/mol. The van der Waals surface area contributed by atoms with Gasteiger partial charge in [-0.25, -0.2) is 0 Å². The van der Waals surface area contributed by atoms with E-state index in [0.717, 1.165) is 6.42 Å². The molecule has 0 spiro atoms. The van der Waals surface area contributed by atoms with E-state index in [0.29, 0.717) is 26.1 Å². The molecule has 1 aliphatic rings. The number of amides is 2. The first-order valence-electron chi connectivity index (χ1n) is 4.99. The first-order chi connectivity index (χ1) is 6.72. The van der Waals surface area contributed by atoms with Gasteiger partial charge in [0.2, 0.25) is 11.8 Å². The minimum absolute atomic E-state index is 0.00407. The van der Waals surface area contributed by atoms with E-state index in [1.807, 2.05) is 6.92 Å². The molecule has 0 aromatic rings. The van der Waals surface area contributed by atoms with Gasteiger partial charge in [-0.05, 0) is 13.3 Å². The molecule has 5 nitrogen and oxygen atoms in total. The average molecular weight is 199 g/mol. The summed E-state index contributed by atoms with van der Waals surface area (Å²) in [5.41, 5.74) is 0. The second-order valence-corrected chi connectivity index (χ2v) is 3.37. The summed E-state index contributed by atoms with van der Waals surface area (Å²) in [4.78, 5) is 21.9. The Balaban J connectivity index is 2.12. The van der Waals surface area contributed by atoms with Crippen LogP contribution in [0.4, 0.5) is 0 Å². The Bertz CT molecular complexity index is 208. The van der Waals surface area contributed by atoms with Crippen LogP contribution in [0.5, 0.6) is 0 Å². The van der Waals surface area contributed by atoms with Gasteiger partial charge in [-0.2, -0.15) is 0 Å². The van der Waals surface area contributed by atoms with Crippen molar-refractivity contribution >= 4 is 11.8 Å². The number of nitrogens with one attached hydrogen (secondary N) is 3. The molecule has 5 heteroatoms. The van der Waals surface area contributed by atoms with Crippen LogP contribution < -0.4 is 16.0 Å². The van der Waals surface area contributed by atoms with Crippen LogP contribution in [-0.2, 0) is 9.59 Å². The zero-order chi connectivity index (χ0) is 10.4. The molecule has 0 radical (unpaired) electrons. The van der Waals surface area contributed by atoms with Gasteiger partial charge in [0, 0.05) is 25.6 Å². The van der Waals surface area contributed by atoms with Gasteiger partial charge in [0.1, 0.15) is 0 Å². The molecule has 0 aliphatic carbocycles. The monoisotopic (exact) mass is 199 g/mol. The molecule has 1 fully saturated rings. The van der Waals surface area contributed by atoms with Gasteiger partial charge >= 0.3 is 0 Å². The molecule has 2 amide bonds. The molecule has 0 saturated carbocycles. The lowest BCUT2D eigenvalue weighted by Gasteiger charge is -2.23. The third-order valence-corrected chi connectivity index (χ3v) is 2.19. The van der Waals surface area contributed by atoms with Crippen LogP contribution in [0, 0.1) is 0 Å². The number of carbonyl (C=O) groups is 2.